The van der Waals surface area contributed by atoms with E-state index in [0.29, 0.717) is 5.56 Å². The number of benzene rings is 1. The zero-order valence-electron chi connectivity index (χ0n) is 9.42. The van der Waals surface area contributed by atoms with Crippen molar-refractivity contribution in [2.75, 3.05) is 6.54 Å². The maximum absolute atomic E-state index is 12.9. The molecule has 2 rings (SSSR count). The summed E-state index contributed by atoms with van der Waals surface area (Å²) in [4.78, 5) is 12.1. The van der Waals surface area contributed by atoms with Gasteiger partial charge in [0, 0.05) is 5.56 Å². The first-order valence-corrected chi connectivity index (χ1v) is 5.72. The fourth-order valence-corrected chi connectivity index (χ4v) is 2.17. The van der Waals surface area contributed by atoms with Crippen molar-refractivity contribution in [2.24, 2.45) is 0 Å². The van der Waals surface area contributed by atoms with Gasteiger partial charge in [-0.25, -0.2) is 4.39 Å². The first-order chi connectivity index (χ1) is 7.68. The van der Waals surface area contributed by atoms with Crippen LogP contribution < -0.4 is 5.32 Å². The molecule has 0 aliphatic carbocycles. The number of hydrogen-bond acceptors (Lipinski definition) is 2. The molecule has 86 valence electrons. The number of carbonyl (C=O) groups excluding carboxylic acids is 1. The van der Waals surface area contributed by atoms with Gasteiger partial charge in [-0.15, -0.1) is 0 Å². The summed E-state index contributed by atoms with van der Waals surface area (Å²) in [7, 11) is 0. The SMILES string of the molecule is Cc1cc(F)ccc1C(=O)C1CCCCN1. The van der Waals surface area contributed by atoms with Gasteiger partial charge in [0.05, 0.1) is 6.04 Å². The molecule has 3 heteroatoms. The van der Waals surface area contributed by atoms with Crippen molar-refractivity contribution in [3.05, 3.63) is 35.1 Å². The minimum atomic E-state index is -0.286. The molecule has 0 aromatic heterocycles. The van der Waals surface area contributed by atoms with Crippen molar-refractivity contribution >= 4 is 5.78 Å². The first kappa shape index (κ1) is 11.3. The summed E-state index contributed by atoms with van der Waals surface area (Å²) in [6.45, 7) is 2.68. The summed E-state index contributed by atoms with van der Waals surface area (Å²) in [5.74, 6) is -0.192. The van der Waals surface area contributed by atoms with E-state index in [9.17, 15) is 9.18 Å². The lowest BCUT2D eigenvalue weighted by molar-refractivity contribution is 0.0926. The minimum absolute atomic E-state index is 0.0853. The molecular formula is C13H16FNO. The second-order valence-electron chi connectivity index (χ2n) is 4.33. The Kier molecular flexibility index (Phi) is 3.34. The molecule has 1 saturated heterocycles. The maximum Gasteiger partial charge on any atom is 0.179 e. The number of nitrogens with one attached hydrogen (secondary N) is 1. The zero-order valence-corrected chi connectivity index (χ0v) is 9.42. The normalized spacial score (nSPS) is 20.8. The van der Waals surface area contributed by atoms with Crippen LogP contribution in [0.15, 0.2) is 18.2 Å². The summed E-state index contributed by atoms with van der Waals surface area (Å²) in [5.41, 5.74) is 1.36. The van der Waals surface area contributed by atoms with E-state index in [2.05, 4.69) is 5.32 Å². The second-order valence-corrected chi connectivity index (χ2v) is 4.33. The lowest BCUT2D eigenvalue weighted by Crippen LogP contribution is -2.40. The smallest absolute Gasteiger partial charge is 0.179 e. The number of piperidine rings is 1. The van der Waals surface area contributed by atoms with Crippen LogP contribution in [0, 0.1) is 12.7 Å². The van der Waals surface area contributed by atoms with E-state index in [-0.39, 0.29) is 17.6 Å². The molecule has 1 atom stereocenters. The summed E-state index contributed by atoms with van der Waals surface area (Å²) < 4.78 is 12.9. The second kappa shape index (κ2) is 4.74. The number of halogens is 1. The van der Waals surface area contributed by atoms with Gasteiger partial charge >= 0.3 is 0 Å². The predicted molar refractivity (Wildman–Crippen MR) is 61.1 cm³/mol. The maximum atomic E-state index is 12.9. The molecule has 0 bridgehead atoms. The summed E-state index contributed by atoms with van der Waals surface area (Å²) >= 11 is 0. The van der Waals surface area contributed by atoms with Crippen molar-refractivity contribution in [2.45, 2.75) is 32.2 Å². The van der Waals surface area contributed by atoms with E-state index in [1.807, 2.05) is 0 Å². The zero-order chi connectivity index (χ0) is 11.5. The number of carbonyl (C=O) groups is 1. The number of rotatable bonds is 2. The largest absolute Gasteiger partial charge is 0.307 e. The molecule has 0 amide bonds. The van der Waals surface area contributed by atoms with Gasteiger partial charge < -0.3 is 5.32 Å². The number of ketones is 1. The lowest BCUT2D eigenvalue weighted by atomic mass is 9.94. The highest BCUT2D eigenvalue weighted by Gasteiger charge is 2.22. The Morgan fingerprint density at radius 2 is 2.25 bits per heavy atom. The Hall–Kier alpha value is -1.22. The third-order valence-electron chi connectivity index (χ3n) is 3.08. The highest BCUT2D eigenvalue weighted by Crippen LogP contribution is 2.16. The van der Waals surface area contributed by atoms with Crippen molar-refractivity contribution < 1.29 is 9.18 Å². The van der Waals surface area contributed by atoms with Crippen LogP contribution in [0.2, 0.25) is 0 Å². The monoisotopic (exact) mass is 221 g/mol. The van der Waals surface area contributed by atoms with E-state index < -0.39 is 0 Å². The fourth-order valence-electron chi connectivity index (χ4n) is 2.17. The average Bonchev–Trinajstić information content (AvgIpc) is 2.29. The third kappa shape index (κ3) is 2.30. The molecule has 0 spiro atoms. The standard InChI is InChI=1S/C13H16FNO/c1-9-8-10(14)5-6-11(9)13(16)12-4-2-3-7-15-12/h5-6,8,12,15H,2-4,7H2,1H3. The predicted octanol–water partition coefficient (Wildman–Crippen LogP) is 2.46. The van der Waals surface area contributed by atoms with Crippen molar-refractivity contribution in [1.82, 2.24) is 5.32 Å². The molecule has 1 unspecified atom stereocenters. The highest BCUT2D eigenvalue weighted by atomic mass is 19.1. The van der Waals surface area contributed by atoms with E-state index in [4.69, 9.17) is 0 Å². The molecule has 1 aliphatic heterocycles. The molecule has 16 heavy (non-hydrogen) atoms. The van der Waals surface area contributed by atoms with Crippen LogP contribution in [0.25, 0.3) is 0 Å². The molecular weight excluding hydrogens is 205 g/mol. The first-order valence-electron chi connectivity index (χ1n) is 5.72. The summed E-state index contributed by atoms with van der Waals surface area (Å²) in [5, 5.41) is 3.22. The number of hydrogen-bond donors (Lipinski definition) is 1. The van der Waals surface area contributed by atoms with Gasteiger partial charge in [0.15, 0.2) is 5.78 Å². The van der Waals surface area contributed by atoms with E-state index in [0.717, 1.165) is 31.4 Å². The molecule has 0 radical (unpaired) electrons. The molecule has 1 aliphatic rings. The van der Waals surface area contributed by atoms with Crippen LogP contribution in [-0.2, 0) is 0 Å². The lowest BCUT2D eigenvalue weighted by Gasteiger charge is -2.22. The topological polar surface area (TPSA) is 29.1 Å². The Labute approximate surface area is 94.9 Å². The quantitative estimate of drug-likeness (QED) is 0.777. The molecule has 1 aromatic carbocycles. The Balaban J connectivity index is 2.19. The van der Waals surface area contributed by atoms with Crippen molar-refractivity contribution in [3.8, 4) is 0 Å². The highest BCUT2D eigenvalue weighted by molar-refractivity contribution is 6.01. The molecule has 1 aromatic rings. The van der Waals surface area contributed by atoms with Gasteiger partial charge in [-0.2, -0.15) is 0 Å². The van der Waals surface area contributed by atoms with Crippen LogP contribution in [-0.4, -0.2) is 18.4 Å². The number of Topliss-reactive ketones (excluding diaryl/α,β-unsaturated/α-hetero) is 1. The van der Waals surface area contributed by atoms with Crippen LogP contribution >= 0.6 is 0 Å². The third-order valence-corrected chi connectivity index (χ3v) is 3.08. The van der Waals surface area contributed by atoms with Crippen molar-refractivity contribution in [3.63, 3.8) is 0 Å². The molecule has 1 fully saturated rings. The van der Waals surface area contributed by atoms with Crippen LogP contribution in [0.5, 0.6) is 0 Å². The van der Waals surface area contributed by atoms with Crippen LogP contribution in [0.3, 0.4) is 0 Å². The van der Waals surface area contributed by atoms with Gasteiger partial charge in [-0.05, 0) is 50.1 Å². The Bertz CT molecular complexity index is 397. The van der Waals surface area contributed by atoms with E-state index in [1.54, 1.807) is 13.0 Å². The van der Waals surface area contributed by atoms with Crippen LogP contribution in [0.1, 0.15) is 35.2 Å². The van der Waals surface area contributed by atoms with Gasteiger partial charge in [0.1, 0.15) is 5.82 Å². The Morgan fingerprint density at radius 3 is 2.88 bits per heavy atom. The van der Waals surface area contributed by atoms with E-state index >= 15 is 0 Å². The van der Waals surface area contributed by atoms with Gasteiger partial charge in [0.2, 0.25) is 0 Å². The van der Waals surface area contributed by atoms with Gasteiger partial charge in [-0.3, -0.25) is 4.79 Å². The van der Waals surface area contributed by atoms with E-state index in [1.165, 1.54) is 12.1 Å². The average molecular weight is 221 g/mol. The molecule has 0 saturated carbocycles. The summed E-state index contributed by atoms with van der Waals surface area (Å²) in [6.07, 6.45) is 3.10. The van der Waals surface area contributed by atoms with Crippen LogP contribution in [0.4, 0.5) is 4.39 Å². The van der Waals surface area contributed by atoms with Gasteiger partial charge in [-0.1, -0.05) is 6.42 Å². The number of aryl methyl sites for hydroxylation is 1. The molecule has 1 N–H and O–H groups in total. The fraction of sp³-hybridized carbons (Fsp3) is 0.462. The Morgan fingerprint density at radius 1 is 1.44 bits per heavy atom. The molecule has 2 nitrogen and oxygen atoms in total. The molecule has 1 heterocycles. The van der Waals surface area contributed by atoms with Gasteiger partial charge in [0.25, 0.3) is 0 Å². The minimum Gasteiger partial charge on any atom is -0.307 e. The van der Waals surface area contributed by atoms with Crippen molar-refractivity contribution in [1.29, 1.82) is 0 Å². The summed E-state index contributed by atoms with van der Waals surface area (Å²) in [6, 6.07) is 4.26.